The first kappa shape index (κ1) is 32.2. The predicted molar refractivity (Wildman–Crippen MR) is 122 cm³/mol. The van der Waals surface area contributed by atoms with Gasteiger partial charge in [-0.1, -0.05) is 103 Å². The monoisotopic (exact) mass is 442 g/mol. The molecule has 0 aromatic rings. The summed E-state index contributed by atoms with van der Waals surface area (Å²) in [5, 5.41) is 17.1. The second-order valence-electron chi connectivity index (χ2n) is 7.65. The molecule has 0 aromatic carbocycles. The van der Waals surface area contributed by atoms with Crippen LogP contribution in [0.5, 0.6) is 0 Å². The third kappa shape index (κ3) is 30.3. The topological polar surface area (TPSA) is 74.6 Å². The number of carboxylic acids is 2. The van der Waals surface area contributed by atoms with Crippen LogP contribution in [0.3, 0.4) is 0 Å². The van der Waals surface area contributed by atoms with Gasteiger partial charge < -0.3 is 10.2 Å². The van der Waals surface area contributed by atoms with Crippen molar-refractivity contribution in [1.82, 2.24) is 0 Å². The molecule has 6 heteroatoms. The molecule has 0 bridgehead atoms. The van der Waals surface area contributed by atoms with Gasteiger partial charge in [0, 0.05) is 12.8 Å². The minimum absolute atomic E-state index is 0. The van der Waals surface area contributed by atoms with Crippen molar-refractivity contribution in [2.24, 2.45) is 0 Å². The summed E-state index contributed by atoms with van der Waals surface area (Å²) >= 11 is 0. The minimum Gasteiger partial charge on any atom is -0.481 e. The van der Waals surface area contributed by atoms with Crippen LogP contribution in [0.2, 0.25) is 0 Å². The molecule has 0 aliphatic carbocycles. The van der Waals surface area contributed by atoms with Gasteiger partial charge >= 0.3 is 11.9 Å². The maximum absolute atomic E-state index is 10.4. The number of halogens is 2. The highest BCUT2D eigenvalue weighted by molar-refractivity contribution is 5.85. The van der Waals surface area contributed by atoms with E-state index in [-0.39, 0.29) is 24.8 Å². The zero-order valence-corrected chi connectivity index (χ0v) is 19.3. The first-order valence-corrected chi connectivity index (χ1v) is 11.1. The van der Waals surface area contributed by atoms with E-state index in [1.165, 1.54) is 89.9 Å². The molecule has 0 unspecified atom stereocenters. The molecule has 2 N–H and O–H groups in total. The molecular weight excluding hydrogens is 399 g/mol. The van der Waals surface area contributed by atoms with Gasteiger partial charge in [0.25, 0.3) is 0 Å². The lowest BCUT2D eigenvalue weighted by Gasteiger charge is -2.03. The molecule has 0 radical (unpaired) electrons. The molecule has 28 heavy (non-hydrogen) atoms. The van der Waals surface area contributed by atoms with E-state index in [4.69, 9.17) is 10.2 Å². The maximum atomic E-state index is 10.4. The Morgan fingerprint density at radius 2 is 0.500 bits per heavy atom. The van der Waals surface area contributed by atoms with E-state index in [0.29, 0.717) is 12.8 Å². The summed E-state index contributed by atoms with van der Waals surface area (Å²) in [7, 11) is 0. The van der Waals surface area contributed by atoms with Crippen LogP contribution in [0.25, 0.3) is 0 Å². The Kier molecular flexibility index (Phi) is 30.5. The number of aliphatic carboxylic acids is 2. The molecule has 0 heterocycles. The lowest BCUT2D eigenvalue weighted by Crippen LogP contribution is -1.93. The van der Waals surface area contributed by atoms with Crippen molar-refractivity contribution in [3.05, 3.63) is 0 Å². The third-order valence-corrected chi connectivity index (χ3v) is 5.03. The van der Waals surface area contributed by atoms with Gasteiger partial charge in [-0.05, 0) is 12.8 Å². The second kappa shape index (κ2) is 26.5. The fraction of sp³-hybridized carbons (Fsp3) is 0.909. The van der Waals surface area contributed by atoms with Gasteiger partial charge in [-0.2, -0.15) is 0 Å². The predicted octanol–water partition coefficient (Wildman–Crippen LogP) is 7.80. The number of carbonyl (C=O) groups is 2. The SMILES string of the molecule is Cl.Cl.O=C(O)CCCCCCCCCCCCCCCCCCCCC(=O)O. The first-order chi connectivity index (χ1) is 12.6. The van der Waals surface area contributed by atoms with Gasteiger partial charge in [-0.3, -0.25) is 9.59 Å². The smallest absolute Gasteiger partial charge is 0.303 e. The molecule has 0 saturated carbocycles. The van der Waals surface area contributed by atoms with E-state index in [1.807, 2.05) is 0 Å². The number of hydrogen-bond donors (Lipinski definition) is 2. The van der Waals surface area contributed by atoms with Gasteiger partial charge in [-0.15, -0.1) is 24.8 Å². The molecule has 170 valence electrons. The zero-order valence-electron chi connectivity index (χ0n) is 17.7. The highest BCUT2D eigenvalue weighted by atomic mass is 35.5. The van der Waals surface area contributed by atoms with Gasteiger partial charge in [0.1, 0.15) is 0 Å². The molecule has 0 aliphatic heterocycles. The van der Waals surface area contributed by atoms with E-state index in [2.05, 4.69) is 0 Å². The number of unbranched alkanes of at least 4 members (excludes halogenated alkanes) is 17. The van der Waals surface area contributed by atoms with Crippen LogP contribution >= 0.6 is 24.8 Å². The van der Waals surface area contributed by atoms with Gasteiger partial charge in [-0.25, -0.2) is 0 Å². The molecule has 4 nitrogen and oxygen atoms in total. The van der Waals surface area contributed by atoms with Crippen molar-refractivity contribution in [2.75, 3.05) is 0 Å². The minimum atomic E-state index is -0.669. The van der Waals surface area contributed by atoms with Crippen LogP contribution in [0, 0.1) is 0 Å². The number of rotatable bonds is 21. The molecule has 0 rings (SSSR count). The van der Waals surface area contributed by atoms with Gasteiger partial charge in [0.2, 0.25) is 0 Å². The average molecular weight is 443 g/mol. The second-order valence-corrected chi connectivity index (χ2v) is 7.65. The van der Waals surface area contributed by atoms with E-state index in [9.17, 15) is 9.59 Å². The lowest BCUT2D eigenvalue weighted by atomic mass is 10.0. The Morgan fingerprint density at radius 3 is 0.643 bits per heavy atom. The zero-order chi connectivity index (χ0) is 19.3. The summed E-state index contributed by atoms with van der Waals surface area (Å²) in [6.07, 6.45) is 22.8. The fourth-order valence-corrected chi connectivity index (χ4v) is 3.38. The Bertz CT molecular complexity index is 306. The third-order valence-electron chi connectivity index (χ3n) is 5.03. The fourth-order valence-electron chi connectivity index (χ4n) is 3.38. The quantitative estimate of drug-likeness (QED) is 0.177. The summed E-state index contributed by atoms with van der Waals surface area (Å²) < 4.78 is 0. The molecule has 0 aliphatic rings. The van der Waals surface area contributed by atoms with Crippen LogP contribution in [0.4, 0.5) is 0 Å². The van der Waals surface area contributed by atoms with Crippen molar-refractivity contribution < 1.29 is 19.8 Å². The molecule has 0 amide bonds. The summed E-state index contributed by atoms with van der Waals surface area (Å²) in [6.45, 7) is 0. The lowest BCUT2D eigenvalue weighted by molar-refractivity contribution is -0.138. The normalized spacial score (nSPS) is 10.1. The molecule has 0 fully saturated rings. The van der Waals surface area contributed by atoms with Crippen LogP contribution in [0.15, 0.2) is 0 Å². The average Bonchev–Trinajstić information content (AvgIpc) is 2.59. The summed E-state index contributed by atoms with van der Waals surface area (Å²) in [4.78, 5) is 20.8. The molecule has 0 spiro atoms. The molecule has 0 aromatic heterocycles. The van der Waals surface area contributed by atoms with Crippen LogP contribution < -0.4 is 0 Å². The summed E-state index contributed by atoms with van der Waals surface area (Å²) in [6, 6.07) is 0. The Labute approximate surface area is 185 Å². The van der Waals surface area contributed by atoms with Crippen molar-refractivity contribution in [2.45, 2.75) is 128 Å². The maximum Gasteiger partial charge on any atom is 0.303 e. The Morgan fingerprint density at radius 1 is 0.357 bits per heavy atom. The first-order valence-electron chi connectivity index (χ1n) is 11.1. The van der Waals surface area contributed by atoms with Gasteiger partial charge in [0.15, 0.2) is 0 Å². The number of carboxylic acid groups (broad SMARTS) is 2. The highest BCUT2D eigenvalue weighted by Crippen LogP contribution is 2.14. The summed E-state index contributed by atoms with van der Waals surface area (Å²) in [5.41, 5.74) is 0. The van der Waals surface area contributed by atoms with Crippen LogP contribution in [0.1, 0.15) is 128 Å². The van der Waals surface area contributed by atoms with Gasteiger partial charge in [0.05, 0.1) is 0 Å². The standard InChI is InChI=1S/C22H42O4.2ClH/c23-21(24)19-17-15-13-11-9-7-5-3-1-2-4-6-8-10-12-14-16-18-20-22(25)26;;/h1-20H2,(H,23,24)(H,25,26);2*1H. The largest absolute Gasteiger partial charge is 0.481 e. The molecule has 0 saturated heterocycles. The van der Waals surface area contributed by atoms with E-state index in [1.54, 1.807) is 0 Å². The van der Waals surface area contributed by atoms with Crippen molar-refractivity contribution >= 4 is 36.8 Å². The van der Waals surface area contributed by atoms with E-state index in [0.717, 1.165) is 25.7 Å². The van der Waals surface area contributed by atoms with Crippen LogP contribution in [-0.2, 0) is 9.59 Å². The van der Waals surface area contributed by atoms with Crippen molar-refractivity contribution in [1.29, 1.82) is 0 Å². The summed E-state index contributed by atoms with van der Waals surface area (Å²) in [5.74, 6) is -1.34. The molecular formula is C22H44Cl2O4. The Hall–Kier alpha value is -0.480. The highest BCUT2D eigenvalue weighted by Gasteiger charge is 1.98. The number of hydrogen-bond acceptors (Lipinski definition) is 2. The van der Waals surface area contributed by atoms with Crippen molar-refractivity contribution in [3.8, 4) is 0 Å². The van der Waals surface area contributed by atoms with E-state index >= 15 is 0 Å². The van der Waals surface area contributed by atoms with E-state index < -0.39 is 11.9 Å². The Balaban J connectivity index is -0.00000312. The van der Waals surface area contributed by atoms with Crippen molar-refractivity contribution in [3.63, 3.8) is 0 Å². The molecule has 0 atom stereocenters. The van der Waals surface area contributed by atoms with Crippen LogP contribution in [-0.4, -0.2) is 22.2 Å².